The number of sulfonamides is 1. The number of carbonyl (C=O) groups excluding carboxylic acids is 1. The van der Waals surface area contributed by atoms with Crippen LogP contribution >= 0.6 is 0 Å². The summed E-state index contributed by atoms with van der Waals surface area (Å²) in [5.74, 6) is -1.86. The summed E-state index contributed by atoms with van der Waals surface area (Å²) in [6, 6.07) is 4.12. The number of aliphatic hydroxyl groups is 1. The maximum Gasteiger partial charge on any atom is 0.425 e. The molecule has 0 spiro atoms. The molecule has 0 bridgehead atoms. The van der Waals surface area contributed by atoms with Gasteiger partial charge in [0.05, 0.1) is 11.3 Å². The zero-order valence-corrected chi connectivity index (χ0v) is 19.2. The number of benzene rings is 1. The number of hydrogen-bond acceptors (Lipinski definition) is 5. The number of aromatic nitrogens is 2. The van der Waals surface area contributed by atoms with Gasteiger partial charge in [0, 0.05) is 38.2 Å². The first-order valence-corrected chi connectivity index (χ1v) is 12.0. The predicted molar refractivity (Wildman–Crippen MR) is 115 cm³/mol. The SMILES string of the molecule is Cc1ccc(NC(=O)C[C@](O)(c2nccn2C)C(F)(F)F)cc1S(=O)(=O)N1CCCCCC1. The number of imidazole rings is 1. The Kier molecular flexibility index (Phi) is 7.20. The minimum absolute atomic E-state index is 0.0163. The van der Waals surface area contributed by atoms with Crippen molar-refractivity contribution in [1.29, 1.82) is 0 Å². The van der Waals surface area contributed by atoms with Gasteiger partial charge in [-0.3, -0.25) is 4.79 Å². The van der Waals surface area contributed by atoms with Crippen LogP contribution in [-0.4, -0.2) is 52.6 Å². The van der Waals surface area contributed by atoms with E-state index in [0.29, 0.717) is 18.7 Å². The van der Waals surface area contributed by atoms with E-state index in [1.54, 1.807) is 6.92 Å². The number of rotatable bonds is 6. The molecule has 0 aliphatic carbocycles. The van der Waals surface area contributed by atoms with Crippen LogP contribution in [0.5, 0.6) is 0 Å². The average Bonchev–Trinajstić information content (AvgIpc) is 2.97. The molecule has 1 aliphatic heterocycles. The number of aryl methyl sites for hydroxylation is 2. The summed E-state index contributed by atoms with van der Waals surface area (Å²) in [6.45, 7) is 2.39. The number of alkyl halides is 3. The molecular formula is C21H27F3N4O4S. The van der Waals surface area contributed by atoms with E-state index in [-0.39, 0.29) is 10.6 Å². The fraction of sp³-hybridized carbons (Fsp3) is 0.524. The van der Waals surface area contributed by atoms with E-state index in [0.717, 1.165) is 36.4 Å². The van der Waals surface area contributed by atoms with Gasteiger partial charge in [-0.25, -0.2) is 13.4 Å². The first-order chi connectivity index (χ1) is 15.4. The van der Waals surface area contributed by atoms with Gasteiger partial charge in [0.2, 0.25) is 21.5 Å². The van der Waals surface area contributed by atoms with E-state index >= 15 is 0 Å². The smallest absolute Gasteiger partial charge is 0.374 e. The highest BCUT2D eigenvalue weighted by molar-refractivity contribution is 7.89. The molecule has 1 aliphatic rings. The molecule has 2 N–H and O–H groups in total. The van der Waals surface area contributed by atoms with Gasteiger partial charge in [-0.1, -0.05) is 18.9 Å². The van der Waals surface area contributed by atoms with Gasteiger partial charge in [0.25, 0.3) is 0 Å². The monoisotopic (exact) mass is 488 g/mol. The number of amides is 1. The Balaban J connectivity index is 1.85. The van der Waals surface area contributed by atoms with Crippen LogP contribution < -0.4 is 5.32 Å². The van der Waals surface area contributed by atoms with Gasteiger partial charge in [-0.05, 0) is 37.5 Å². The molecule has 2 aromatic rings. The molecule has 1 atom stereocenters. The minimum Gasteiger partial charge on any atom is -0.374 e. The van der Waals surface area contributed by atoms with Crippen molar-refractivity contribution in [3.63, 3.8) is 0 Å². The number of nitrogens with one attached hydrogen (secondary N) is 1. The number of hydrogen-bond donors (Lipinski definition) is 2. The van der Waals surface area contributed by atoms with Gasteiger partial charge >= 0.3 is 6.18 Å². The molecule has 12 heteroatoms. The van der Waals surface area contributed by atoms with Crippen molar-refractivity contribution < 1.29 is 31.5 Å². The molecule has 8 nitrogen and oxygen atoms in total. The number of anilines is 1. The van der Waals surface area contributed by atoms with Gasteiger partial charge in [0.1, 0.15) is 0 Å². The Morgan fingerprint density at radius 1 is 1.18 bits per heavy atom. The van der Waals surface area contributed by atoms with Crippen LogP contribution in [0.15, 0.2) is 35.5 Å². The molecule has 0 saturated carbocycles. The van der Waals surface area contributed by atoms with Crippen molar-refractivity contribution in [3.8, 4) is 0 Å². The molecule has 33 heavy (non-hydrogen) atoms. The van der Waals surface area contributed by atoms with Crippen LogP contribution in [0.4, 0.5) is 18.9 Å². The second-order valence-corrected chi connectivity index (χ2v) is 10.1. The fourth-order valence-electron chi connectivity index (χ4n) is 3.88. The Bertz CT molecular complexity index is 1110. The summed E-state index contributed by atoms with van der Waals surface area (Å²) in [7, 11) is -2.56. The van der Waals surface area contributed by atoms with Crippen molar-refractivity contribution in [1.82, 2.24) is 13.9 Å². The molecule has 1 fully saturated rings. The topological polar surface area (TPSA) is 105 Å². The average molecular weight is 489 g/mol. The Morgan fingerprint density at radius 3 is 2.36 bits per heavy atom. The van der Waals surface area contributed by atoms with Gasteiger partial charge in [-0.2, -0.15) is 17.5 Å². The van der Waals surface area contributed by atoms with Crippen molar-refractivity contribution in [2.24, 2.45) is 7.05 Å². The highest BCUT2D eigenvalue weighted by atomic mass is 32.2. The molecule has 0 unspecified atom stereocenters. The van der Waals surface area contributed by atoms with E-state index in [4.69, 9.17) is 0 Å². The molecular weight excluding hydrogens is 461 g/mol. The zero-order chi connectivity index (χ0) is 24.4. The largest absolute Gasteiger partial charge is 0.425 e. The van der Waals surface area contributed by atoms with Gasteiger partial charge < -0.3 is 15.0 Å². The molecule has 1 saturated heterocycles. The summed E-state index contributed by atoms with van der Waals surface area (Å²) in [5, 5.41) is 12.7. The number of halogens is 3. The third-order valence-corrected chi connectivity index (χ3v) is 7.77. The zero-order valence-electron chi connectivity index (χ0n) is 18.4. The van der Waals surface area contributed by atoms with Crippen molar-refractivity contribution in [2.75, 3.05) is 18.4 Å². The van der Waals surface area contributed by atoms with Gasteiger partial charge in [-0.15, -0.1) is 0 Å². The maximum absolute atomic E-state index is 13.7. The first-order valence-electron chi connectivity index (χ1n) is 10.5. The van der Waals surface area contributed by atoms with Crippen LogP contribution in [-0.2, 0) is 27.5 Å². The number of nitrogens with zero attached hydrogens (tertiary/aromatic N) is 3. The Morgan fingerprint density at radius 2 is 1.82 bits per heavy atom. The van der Waals surface area contributed by atoms with Crippen molar-refractivity contribution in [3.05, 3.63) is 42.0 Å². The van der Waals surface area contributed by atoms with Crippen LogP contribution in [0.1, 0.15) is 43.5 Å². The molecule has 1 aromatic carbocycles. The lowest BCUT2D eigenvalue weighted by Crippen LogP contribution is -2.46. The summed E-state index contributed by atoms with van der Waals surface area (Å²) in [5.41, 5.74) is -3.04. The summed E-state index contributed by atoms with van der Waals surface area (Å²) < 4.78 is 69.8. The predicted octanol–water partition coefficient (Wildman–Crippen LogP) is 3.07. The van der Waals surface area contributed by atoms with E-state index in [2.05, 4.69) is 10.3 Å². The summed E-state index contributed by atoms with van der Waals surface area (Å²) in [4.78, 5) is 16.0. The molecule has 182 valence electrons. The van der Waals surface area contributed by atoms with E-state index in [1.165, 1.54) is 35.7 Å². The van der Waals surface area contributed by atoms with E-state index in [9.17, 15) is 31.5 Å². The highest BCUT2D eigenvalue weighted by Gasteiger charge is 2.58. The normalized spacial score (nSPS) is 17.9. The van der Waals surface area contributed by atoms with Crippen LogP contribution in [0.3, 0.4) is 0 Å². The molecule has 1 aromatic heterocycles. The first kappa shape index (κ1) is 25.2. The standard InChI is InChI=1S/C21H27F3N4O4S/c1-15-7-8-16(13-17(15)33(31,32)28-10-5-3-4-6-11-28)26-18(29)14-20(30,21(22,23)24)19-25-9-12-27(19)2/h7-9,12-13,30H,3-6,10-11,14H2,1-2H3,(H,26,29)/t20-/m0/s1. The fourth-order valence-corrected chi connectivity index (χ4v) is 5.65. The molecule has 3 rings (SSSR count). The maximum atomic E-state index is 13.7. The Labute approximate surface area is 190 Å². The van der Waals surface area contributed by atoms with Crippen LogP contribution in [0.25, 0.3) is 0 Å². The third-order valence-electron chi connectivity index (χ3n) is 5.73. The quantitative estimate of drug-likeness (QED) is 0.650. The minimum atomic E-state index is -5.17. The summed E-state index contributed by atoms with van der Waals surface area (Å²) in [6.07, 6.45) is -0.816. The summed E-state index contributed by atoms with van der Waals surface area (Å²) >= 11 is 0. The second-order valence-electron chi connectivity index (χ2n) is 8.24. The second kappa shape index (κ2) is 9.43. The highest BCUT2D eigenvalue weighted by Crippen LogP contribution is 2.41. The molecule has 1 amide bonds. The lowest BCUT2D eigenvalue weighted by atomic mass is 9.97. The van der Waals surface area contributed by atoms with E-state index in [1.807, 2.05) is 0 Å². The van der Waals surface area contributed by atoms with Crippen molar-refractivity contribution in [2.45, 2.75) is 55.7 Å². The number of carbonyl (C=O) groups is 1. The Hall–Kier alpha value is -2.44. The molecule has 0 radical (unpaired) electrons. The van der Waals surface area contributed by atoms with Gasteiger partial charge in [0.15, 0.2) is 5.82 Å². The third kappa shape index (κ3) is 5.22. The van der Waals surface area contributed by atoms with Crippen molar-refractivity contribution >= 4 is 21.6 Å². The van der Waals surface area contributed by atoms with E-state index < -0.39 is 40.0 Å². The lowest BCUT2D eigenvalue weighted by molar-refractivity contribution is -0.270. The molecule has 2 heterocycles. The lowest BCUT2D eigenvalue weighted by Gasteiger charge is -2.29. The van der Waals surface area contributed by atoms with Crippen LogP contribution in [0.2, 0.25) is 0 Å². The van der Waals surface area contributed by atoms with Crippen LogP contribution in [0, 0.1) is 6.92 Å².